The molecule has 8 heteroatoms. The van der Waals surface area contributed by atoms with E-state index in [4.69, 9.17) is 5.26 Å². The van der Waals surface area contributed by atoms with Crippen molar-refractivity contribution in [3.63, 3.8) is 0 Å². The molecule has 2 aromatic rings. The van der Waals surface area contributed by atoms with Crippen molar-refractivity contribution in [2.24, 2.45) is 5.92 Å². The van der Waals surface area contributed by atoms with Gasteiger partial charge in [0, 0.05) is 13.1 Å². The summed E-state index contributed by atoms with van der Waals surface area (Å²) in [6, 6.07) is 5.19. The van der Waals surface area contributed by atoms with Gasteiger partial charge in [-0.1, -0.05) is 0 Å². The lowest BCUT2D eigenvalue weighted by Crippen LogP contribution is -2.46. The van der Waals surface area contributed by atoms with Gasteiger partial charge in [0.25, 0.3) is 0 Å². The third-order valence-electron chi connectivity index (χ3n) is 3.03. The van der Waals surface area contributed by atoms with E-state index in [1.54, 1.807) is 11.0 Å². The van der Waals surface area contributed by atoms with Gasteiger partial charge in [-0.2, -0.15) is 18.4 Å². The van der Waals surface area contributed by atoms with E-state index in [0.29, 0.717) is 18.9 Å². The molecule has 1 aliphatic heterocycles. The van der Waals surface area contributed by atoms with Crippen molar-refractivity contribution in [1.29, 1.82) is 5.26 Å². The lowest BCUT2D eigenvalue weighted by Gasteiger charge is -2.36. The number of hydrogen-bond donors (Lipinski definition) is 0. The SMILES string of the molecule is N#CC1CN(c2ccc3ncc(C(F)(F)F)n3n2)C1. The summed E-state index contributed by atoms with van der Waals surface area (Å²) in [4.78, 5) is 5.43. The third kappa shape index (κ3) is 1.87. The van der Waals surface area contributed by atoms with Gasteiger partial charge in [0.15, 0.2) is 11.3 Å². The fourth-order valence-corrected chi connectivity index (χ4v) is 1.97. The average molecular weight is 267 g/mol. The number of alkyl halides is 3. The Labute approximate surface area is 105 Å². The topological polar surface area (TPSA) is 57.2 Å². The molecule has 0 bridgehead atoms. The summed E-state index contributed by atoms with van der Waals surface area (Å²) in [6.07, 6.45) is -3.73. The Morgan fingerprint density at radius 2 is 2.05 bits per heavy atom. The summed E-state index contributed by atoms with van der Waals surface area (Å²) in [5.74, 6) is 0.338. The quantitative estimate of drug-likeness (QED) is 0.789. The molecule has 0 aliphatic carbocycles. The molecule has 1 saturated heterocycles. The maximum atomic E-state index is 12.7. The average Bonchev–Trinajstić information content (AvgIpc) is 2.70. The second-order valence-electron chi connectivity index (χ2n) is 4.33. The monoisotopic (exact) mass is 267 g/mol. The van der Waals surface area contributed by atoms with Crippen LogP contribution in [0.2, 0.25) is 0 Å². The minimum atomic E-state index is -4.49. The summed E-state index contributed by atoms with van der Waals surface area (Å²) >= 11 is 0. The summed E-state index contributed by atoms with van der Waals surface area (Å²) in [5, 5.41) is 12.6. The number of anilines is 1. The van der Waals surface area contributed by atoms with Crippen LogP contribution in [0.1, 0.15) is 5.69 Å². The second-order valence-corrected chi connectivity index (χ2v) is 4.33. The first kappa shape index (κ1) is 11.8. The standard InChI is InChI=1S/C11H8F3N5/c12-11(13,14)8-4-16-9-1-2-10(17-19(8)9)18-5-7(3-15)6-18/h1-2,4,7H,5-6H2. The Morgan fingerprint density at radius 3 is 2.68 bits per heavy atom. The van der Waals surface area contributed by atoms with E-state index in [1.807, 2.05) is 0 Å². The van der Waals surface area contributed by atoms with Crippen molar-refractivity contribution < 1.29 is 13.2 Å². The molecule has 0 amide bonds. The van der Waals surface area contributed by atoms with E-state index >= 15 is 0 Å². The molecule has 3 rings (SSSR count). The predicted molar refractivity (Wildman–Crippen MR) is 59.3 cm³/mol. The van der Waals surface area contributed by atoms with Gasteiger partial charge in [-0.05, 0) is 12.1 Å². The summed E-state index contributed by atoms with van der Waals surface area (Å²) < 4.78 is 39.0. The molecule has 0 aromatic carbocycles. The zero-order chi connectivity index (χ0) is 13.6. The van der Waals surface area contributed by atoms with Gasteiger partial charge in [-0.15, -0.1) is 5.10 Å². The Kier molecular flexibility index (Phi) is 2.38. The number of nitrogens with zero attached hydrogens (tertiary/aromatic N) is 5. The molecule has 0 radical (unpaired) electrons. The van der Waals surface area contributed by atoms with Crippen molar-refractivity contribution in [2.45, 2.75) is 6.18 Å². The van der Waals surface area contributed by atoms with E-state index in [1.165, 1.54) is 6.07 Å². The highest BCUT2D eigenvalue weighted by Gasteiger charge is 2.36. The minimum absolute atomic E-state index is 0.0811. The number of halogens is 3. The van der Waals surface area contributed by atoms with Crippen LogP contribution in [0.25, 0.3) is 5.65 Å². The van der Waals surface area contributed by atoms with Crippen LogP contribution >= 0.6 is 0 Å². The second kappa shape index (κ2) is 3.85. The van der Waals surface area contributed by atoms with Gasteiger partial charge in [-0.25, -0.2) is 9.50 Å². The van der Waals surface area contributed by atoms with E-state index in [9.17, 15) is 13.2 Å². The molecule has 5 nitrogen and oxygen atoms in total. The lowest BCUT2D eigenvalue weighted by molar-refractivity contribution is -0.142. The highest BCUT2D eigenvalue weighted by atomic mass is 19.4. The van der Waals surface area contributed by atoms with Gasteiger partial charge < -0.3 is 4.90 Å². The Hall–Kier alpha value is -2.30. The zero-order valence-electron chi connectivity index (χ0n) is 9.59. The van der Waals surface area contributed by atoms with Crippen molar-refractivity contribution in [2.75, 3.05) is 18.0 Å². The number of aromatic nitrogens is 3. The van der Waals surface area contributed by atoms with E-state index in [-0.39, 0.29) is 11.6 Å². The molecular formula is C11H8F3N5. The molecule has 0 spiro atoms. The van der Waals surface area contributed by atoms with Crippen molar-refractivity contribution in [1.82, 2.24) is 14.6 Å². The smallest absolute Gasteiger partial charge is 0.352 e. The number of fused-ring (bicyclic) bond motifs is 1. The van der Waals surface area contributed by atoms with Gasteiger partial charge in [-0.3, -0.25) is 0 Å². The van der Waals surface area contributed by atoms with Crippen molar-refractivity contribution in [3.8, 4) is 6.07 Å². The number of rotatable bonds is 1. The molecular weight excluding hydrogens is 259 g/mol. The normalized spacial score (nSPS) is 16.4. The van der Waals surface area contributed by atoms with Crippen LogP contribution in [0.5, 0.6) is 0 Å². The van der Waals surface area contributed by atoms with E-state index < -0.39 is 11.9 Å². The van der Waals surface area contributed by atoms with Gasteiger partial charge >= 0.3 is 6.18 Å². The van der Waals surface area contributed by atoms with Gasteiger partial charge in [0.05, 0.1) is 18.2 Å². The van der Waals surface area contributed by atoms with Crippen LogP contribution in [0.3, 0.4) is 0 Å². The predicted octanol–water partition coefficient (Wildman–Crippen LogP) is 1.71. The van der Waals surface area contributed by atoms with Crippen LogP contribution in [0.4, 0.5) is 19.0 Å². The molecule has 0 saturated carbocycles. The first-order valence-corrected chi connectivity index (χ1v) is 5.55. The molecule has 0 N–H and O–H groups in total. The van der Waals surface area contributed by atoms with Crippen LogP contribution < -0.4 is 4.90 Å². The van der Waals surface area contributed by atoms with E-state index in [2.05, 4.69) is 16.2 Å². The summed E-state index contributed by atoms with van der Waals surface area (Å²) in [7, 11) is 0. The Balaban J connectivity index is 1.99. The Bertz CT molecular complexity index is 663. The first-order valence-electron chi connectivity index (χ1n) is 5.55. The molecule has 1 fully saturated rings. The first-order chi connectivity index (χ1) is 8.99. The molecule has 1 aliphatic rings. The number of nitriles is 1. The van der Waals surface area contributed by atoms with Crippen molar-refractivity contribution in [3.05, 3.63) is 24.0 Å². The van der Waals surface area contributed by atoms with Gasteiger partial charge in [0.1, 0.15) is 5.82 Å². The molecule has 2 aromatic heterocycles. The largest absolute Gasteiger partial charge is 0.435 e. The highest BCUT2D eigenvalue weighted by Crippen LogP contribution is 2.30. The molecule has 0 unspecified atom stereocenters. The van der Waals surface area contributed by atoms with Crippen molar-refractivity contribution >= 4 is 11.5 Å². The molecule has 0 atom stereocenters. The molecule has 19 heavy (non-hydrogen) atoms. The fourth-order valence-electron chi connectivity index (χ4n) is 1.97. The molecule has 98 valence electrons. The molecule has 3 heterocycles. The fraction of sp³-hybridized carbons (Fsp3) is 0.364. The van der Waals surface area contributed by atoms with Crippen LogP contribution in [0.15, 0.2) is 18.3 Å². The summed E-state index contributed by atoms with van der Waals surface area (Å²) in [6.45, 7) is 0.982. The van der Waals surface area contributed by atoms with Gasteiger partial charge in [0.2, 0.25) is 0 Å². The van der Waals surface area contributed by atoms with Crippen LogP contribution in [-0.2, 0) is 6.18 Å². The minimum Gasteiger partial charge on any atom is -0.352 e. The summed E-state index contributed by atoms with van der Waals surface area (Å²) in [5.41, 5.74) is -0.755. The lowest BCUT2D eigenvalue weighted by atomic mass is 10.0. The number of hydrogen-bond acceptors (Lipinski definition) is 4. The third-order valence-corrected chi connectivity index (χ3v) is 3.03. The number of imidazole rings is 1. The zero-order valence-corrected chi connectivity index (χ0v) is 9.59. The maximum Gasteiger partial charge on any atom is 0.435 e. The highest BCUT2D eigenvalue weighted by molar-refractivity contribution is 5.49. The Morgan fingerprint density at radius 1 is 1.32 bits per heavy atom. The maximum absolute atomic E-state index is 12.7. The van der Waals surface area contributed by atoms with E-state index in [0.717, 1.165) is 10.7 Å². The van der Waals surface area contributed by atoms with Crippen LogP contribution in [-0.4, -0.2) is 27.7 Å². The van der Waals surface area contributed by atoms with Crippen LogP contribution in [0, 0.1) is 17.2 Å².